The second-order valence-corrected chi connectivity index (χ2v) is 15.1. The first-order valence-corrected chi connectivity index (χ1v) is 21.3. The van der Waals surface area contributed by atoms with E-state index in [4.69, 9.17) is 0 Å². The Balaban J connectivity index is 2.08. The van der Waals surface area contributed by atoms with Crippen molar-refractivity contribution in [3.05, 3.63) is 18.2 Å². The van der Waals surface area contributed by atoms with E-state index in [9.17, 15) is 0 Å². The Kier molecular flexibility index (Phi) is 31.1. The monoisotopic (exact) mass is 630 g/mol. The van der Waals surface area contributed by atoms with Crippen LogP contribution in [0.15, 0.2) is 12.4 Å². The SMILES string of the molecule is CCCCCCCCCCCCCCCCCCC(CCC)c1[nH]cc[n+]1C(C)CCCCCCCCCCCCCCCC. The summed E-state index contributed by atoms with van der Waals surface area (Å²) in [6, 6.07) is 0.619. The van der Waals surface area contributed by atoms with E-state index in [1.165, 1.54) is 224 Å². The van der Waals surface area contributed by atoms with Crippen molar-refractivity contribution in [1.29, 1.82) is 0 Å². The van der Waals surface area contributed by atoms with Gasteiger partial charge in [-0.25, -0.2) is 9.55 Å². The number of unbranched alkanes of at least 4 members (excludes halogenated alkanes) is 28. The van der Waals surface area contributed by atoms with Crippen LogP contribution in [0.25, 0.3) is 0 Å². The zero-order valence-electron chi connectivity index (χ0n) is 31.8. The average molecular weight is 630 g/mol. The molecule has 0 radical (unpaired) electrons. The minimum atomic E-state index is 0.619. The third-order valence-electron chi connectivity index (χ3n) is 10.6. The summed E-state index contributed by atoms with van der Waals surface area (Å²) in [4.78, 5) is 3.69. The van der Waals surface area contributed by atoms with Gasteiger partial charge in [-0.1, -0.05) is 213 Å². The second kappa shape index (κ2) is 33.1. The van der Waals surface area contributed by atoms with E-state index in [1.54, 1.807) is 0 Å². The predicted octanol–water partition coefficient (Wildman–Crippen LogP) is 15.3. The van der Waals surface area contributed by atoms with Crippen LogP contribution in [0.1, 0.15) is 264 Å². The Bertz CT molecular complexity index is 694. The third kappa shape index (κ3) is 25.0. The van der Waals surface area contributed by atoms with Crippen molar-refractivity contribution >= 4 is 0 Å². The van der Waals surface area contributed by atoms with Gasteiger partial charge < -0.3 is 0 Å². The Hall–Kier alpha value is -0.790. The van der Waals surface area contributed by atoms with Gasteiger partial charge >= 0.3 is 0 Å². The number of rotatable bonds is 36. The van der Waals surface area contributed by atoms with Crippen molar-refractivity contribution in [3.63, 3.8) is 0 Å². The predicted molar refractivity (Wildman–Crippen MR) is 202 cm³/mol. The van der Waals surface area contributed by atoms with Crippen molar-refractivity contribution in [2.24, 2.45) is 0 Å². The highest BCUT2D eigenvalue weighted by Gasteiger charge is 2.24. The molecule has 1 rings (SSSR count). The lowest BCUT2D eigenvalue weighted by molar-refractivity contribution is -0.727. The topological polar surface area (TPSA) is 19.7 Å². The molecular formula is C43H85N2+. The lowest BCUT2D eigenvalue weighted by Gasteiger charge is -2.16. The van der Waals surface area contributed by atoms with Crippen molar-refractivity contribution in [2.45, 2.75) is 258 Å². The molecule has 0 aliphatic heterocycles. The molecule has 2 atom stereocenters. The number of nitrogens with one attached hydrogen (secondary N) is 1. The van der Waals surface area contributed by atoms with Gasteiger partial charge in [0.1, 0.15) is 12.4 Å². The number of hydrogen-bond donors (Lipinski definition) is 1. The van der Waals surface area contributed by atoms with E-state index in [0.717, 1.165) is 0 Å². The molecule has 1 N–H and O–H groups in total. The molecule has 0 aliphatic rings. The zero-order valence-corrected chi connectivity index (χ0v) is 31.8. The minimum Gasteiger partial charge on any atom is -0.247 e. The first-order chi connectivity index (χ1) is 22.2. The Morgan fingerprint density at radius 3 is 1.11 bits per heavy atom. The largest absolute Gasteiger partial charge is 0.257 e. The fourth-order valence-electron chi connectivity index (χ4n) is 7.55. The first kappa shape index (κ1) is 42.2. The quantitative estimate of drug-likeness (QED) is 0.0563. The maximum Gasteiger partial charge on any atom is 0.257 e. The summed E-state index contributed by atoms with van der Waals surface area (Å²) in [5, 5.41) is 0. The highest BCUT2D eigenvalue weighted by molar-refractivity contribution is 4.90. The van der Waals surface area contributed by atoms with Crippen LogP contribution in [-0.4, -0.2) is 4.98 Å². The van der Waals surface area contributed by atoms with Crippen LogP contribution in [0.5, 0.6) is 0 Å². The van der Waals surface area contributed by atoms with E-state index >= 15 is 0 Å². The van der Waals surface area contributed by atoms with Crippen LogP contribution in [0, 0.1) is 0 Å². The van der Waals surface area contributed by atoms with Gasteiger partial charge in [-0.2, -0.15) is 0 Å². The van der Waals surface area contributed by atoms with E-state index in [2.05, 4.69) is 49.6 Å². The molecule has 0 amide bonds. The molecule has 0 saturated heterocycles. The van der Waals surface area contributed by atoms with Crippen LogP contribution in [-0.2, 0) is 0 Å². The zero-order chi connectivity index (χ0) is 32.5. The Morgan fingerprint density at radius 2 is 0.756 bits per heavy atom. The maximum atomic E-state index is 3.69. The molecule has 2 heteroatoms. The van der Waals surface area contributed by atoms with Gasteiger partial charge in [0.15, 0.2) is 0 Å². The van der Waals surface area contributed by atoms with Crippen LogP contribution >= 0.6 is 0 Å². The van der Waals surface area contributed by atoms with Crippen LogP contribution in [0.4, 0.5) is 0 Å². The number of hydrogen-bond acceptors (Lipinski definition) is 0. The second-order valence-electron chi connectivity index (χ2n) is 15.1. The number of H-pyrrole nitrogens is 1. The molecule has 0 spiro atoms. The molecule has 0 fully saturated rings. The molecule has 1 heterocycles. The summed E-state index contributed by atoms with van der Waals surface area (Å²) in [5.41, 5.74) is 0. The lowest BCUT2D eigenvalue weighted by Crippen LogP contribution is -2.41. The summed E-state index contributed by atoms with van der Waals surface area (Å²) in [7, 11) is 0. The van der Waals surface area contributed by atoms with E-state index < -0.39 is 0 Å². The molecule has 1 aromatic heterocycles. The van der Waals surface area contributed by atoms with Gasteiger partial charge in [-0.05, 0) is 32.6 Å². The lowest BCUT2D eigenvalue weighted by atomic mass is 9.94. The molecule has 0 aromatic carbocycles. The van der Waals surface area contributed by atoms with Gasteiger partial charge in [-0.3, -0.25) is 0 Å². The van der Waals surface area contributed by atoms with Crippen LogP contribution < -0.4 is 4.57 Å². The number of aromatic nitrogens is 2. The summed E-state index contributed by atoms with van der Waals surface area (Å²) in [5.74, 6) is 2.21. The van der Waals surface area contributed by atoms with Gasteiger partial charge in [0, 0.05) is 0 Å². The minimum absolute atomic E-state index is 0.619. The Labute approximate surface area is 285 Å². The smallest absolute Gasteiger partial charge is 0.247 e. The molecule has 45 heavy (non-hydrogen) atoms. The molecule has 1 aromatic rings. The van der Waals surface area contributed by atoms with Gasteiger partial charge in [0.2, 0.25) is 0 Å². The molecule has 2 unspecified atom stereocenters. The molecule has 0 saturated carbocycles. The van der Waals surface area contributed by atoms with E-state index in [0.29, 0.717) is 12.0 Å². The fourth-order valence-corrected chi connectivity index (χ4v) is 7.55. The average Bonchev–Trinajstić information content (AvgIpc) is 3.54. The van der Waals surface area contributed by atoms with Crippen molar-refractivity contribution in [2.75, 3.05) is 0 Å². The number of imidazole rings is 1. The normalized spacial score (nSPS) is 13.1. The van der Waals surface area contributed by atoms with Crippen molar-refractivity contribution in [1.82, 2.24) is 4.98 Å². The van der Waals surface area contributed by atoms with Crippen LogP contribution in [0.3, 0.4) is 0 Å². The first-order valence-electron chi connectivity index (χ1n) is 21.3. The highest BCUT2D eigenvalue weighted by atomic mass is 15.1. The third-order valence-corrected chi connectivity index (χ3v) is 10.6. The van der Waals surface area contributed by atoms with Gasteiger partial charge in [-0.15, -0.1) is 0 Å². The van der Waals surface area contributed by atoms with Gasteiger partial charge in [0.25, 0.3) is 5.82 Å². The number of nitrogens with zero attached hydrogens (tertiary/aromatic N) is 1. The molecule has 0 bridgehead atoms. The maximum absolute atomic E-state index is 3.69. The molecule has 266 valence electrons. The summed E-state index contributed by atoms with van der Waals surface area (Å²) >= 11 is 0. The van der Waals surface area contributed by atoms with Gasteiger partial charge in [0.05, 0.1) is 12.0 Å². The highest BCUT2D eigenvalue weighted by Crippen LogP contribution is 2.26. The van der Waals surface area contributed by atoms with E-state index in [-0.39, 0.29) is 0 Å². The van der Waals surface area contributed by atoms with Crippen molar-refractivity contribution in [3.8, 4) is 0 Å². The molecular weight excluding hydrogens is 544 g/mol. The summed E-state index contributed by atoms with van der Waals surface area (Å²) in [6.45, 7) is 9.44. The standard InChI is InChI=1S/C43H84N2/c1-5-8-10-12-14-16-18-20-22-23-25-27-29-31-33-35-38-42(36-7-3)43-44-39-40-45(43)41(4)37-34-32-30-28-26-24-21-19-17-15-13-11-9-6-2/h39-42H,5-38H2,1-4H3/p+1. The van der Waals surface area contributed by atoms with Crippen molar-refractivity contribution < 1.29 is 4.57 Å². The van der Waals surface area contributed by atoms with E-state index in [1.807, 2.05) is 0 Å². The molecule has 2 nitrogen and oxygen atoms in total. The number of aromatic amines is 1. The Morgan fingerprint density at radius 1 is 0.422 bits per heavy atom. The fraction of sp³-hybridized carbons (Fsp3) is 0.930. The summed E-state index contributed by atoms with van der Waals surface area (Å²) < 4.78 is 2.61. The van der Waals surface area contributed by atoms with Crippen LogP contribution in [0.2, 0.25) is 0 Å². The summed E-state index contributed by atoms with van der Waals surface area (Å²) in [6.07, 6.45) is 53.3. The molecule has 0 aliphatic carbocycles.